The highest BCUT2D eigenvalue weighted by Gasteiger charge is 2.29. The number of carbonyl (C=O) groups is 2. The number of hydrogen-bond donors (Lipinski definition) is 2. The first-order valence-electron chi connectivity index (χ1n) is 10.1. The molecule has 1 aliphatic carbocycles. The van der Waals surface area contributed by atoms with Crippen LogP contribution in [0.15, 0.2) is 24.3 Å². The molecule has 2 amide bonds. The number of likely N-dealkylation sites (tertiary alicyclic amines) is 1. The maximum absolute atomic E-state index is 12.5. The maximum Gasteiger partial charge on any atom is 0.241 e. The molecule has 1 aliphatic heterocycles. The van der Waals surface area contributed by atoms with E-state index in [0.29, 0.717) is 5.02 Å². The molecule has 2 aliphatic rings. The number of amides is 2. The van der Waals surface area contributed by atoms with Gasteiger partial charge in [0.05, 0.1) is 6.04 Å². The van der Waals surface area contributed by atoms with Crippen molar-refractivity contribution < 1.29 is 9.59 Å². The van der Waals surface area contributed by atoms with E-state index in [1.807, 2.05) is 6.92 Å². The van der Waals surface area contributed by atoms with E-state index in [2.05, 4.69) is 15.5 Å². The molecule has 2 N–H and O–H groups in total. The lowest BCUT2D eigenvalue weighted by atomic mass is 9.88. The Bertz CT molecular complexity index is 635. The number of benzene rings is 1. The molecule has 0 radical (unpaired) electrons. The molecule has 0 bridgehead atoms. The summed E-state index contributed by atoms with van der Waals surface area (Å²) in [4.78, 5) is 27.1. The van der Waals surface area contributed by atoms with E-state index in [-0.39, 0.29) is 29.8 Å². The van der Waals surface area contributed by atoms with Crippen LogP contribution in [0.5, 0.6) is 0 Å². The van der Waals surface area contributed by atoms with E-state index in [4.69, 9.17) is 11.6 Å². The Labute approximate surface area is 166 Å². The minimum Gasteiger partial charge on any atom is -0.353 e. The second kappa shape index (κ2) is 9.56. The van der Waals surface area contributed by atoms with Crippen LogP contribution < -0.4 is 10.6 Å². The molecule has 1 aromatic carbocycles. The van der Waals surface area contributed by atoms with E-state index in [9.17, 15) is 9.59 Å². The Morgan fingerprint density at radius 2 is 1.67 bits per heavy atom. The molecule has 1 saturated carbocycles. The third kappa shape index (κ3) is 5.69. The van der Waals surface area contributed by atoms with Gasteiger partial charge >= 0.3 is 0 Å². The van der Waals surface area contributed by atoms with Gasteiger partial charge in [-0.1, -0.05) is 30.9 Å². The largest absolute Gasteiger partial charge is 0.353 e. The average Bonchev–Trinajstić information content (AvgIpc) is 2.70. The zero-order valence-corrected chi connectivity index (χ0v) is 16.8. The van der Waals surface area contributed by atoms with Gasteiger partial charge in [0.2, 0.25) is 11.8 Å². The van der Waals surface area contributed by atoms with Crippen molar-refractivity contribution in [2.24, 2.45) is 5.92 Å². The Morgan fingerprint density at radius 3 is 2.30 bits per heavy atom. The van der Waals surface area contributed by atoms with Crippen molar-refractivity contribution in [2.45, 2.75) is 64.0 Å². The van der Waals surface area contributed by atoms with E-state index < -0.39 is 0 Å². The van der Waals surface area contributed by atoms with Gasteiger partial charge in [-0.15, -0.1) is 0 Å². The van der Waals surface area contributed by atoms with E-state index >= 15 is 0 Å². The van der Waals surface area contributed by atoms with Crippen molar-refractivity contribution >= 4 is 29.1 Å². The van der Waals surface area contributed by atoms with Crippen LogP contribution in [-0.2, 0) is 9.59 Å². The molecule has 1 unspecified atom stereocenters. The van der Waals surface area contributed by atoms with Crippen LogP contribution in [0.1, 0.15) is 51.9 Å². The lowest BCUT2D eigenvalue weighted by Gasteiger charge is -2.36. The molecule has 148 valence electrons. The molecule has 1 heterocycles. The van der Waals surface area contributed by atoms with Crippen LogP contribution in [0.3, 0.4) is 0 Å². The summed E-state index contributed by atoms with van der Waals surface area (Å²) in [6, 6.07) is 7.18. The second-order valence-electron chi connectivity index (χ2n) is 7.83. The normalized spacial score (nSPS) is 20.8. The van der Waals surface area contributed by atoms with Gasteiger partial charge in [0.25, 0.3) is 0 Å². The quantitative estimate of drug-likeness (QED) is 0.801. The third-order valence-electron chi connectivity index (χ3n) is 5.89. The van der Waals surface area contributed by atoms with Crippen molar-refractivity contribution in [2.75, 3.05) is 18.4 Å². The first-order chi connectivity index (χ1) is 13.0. The topological polar surface area (TPSA) is 61.4 Å². The Kier molecular flexibility index (Phi) is 7.13. The standard InChI is InChI=1S/C21H30ClN3O2/c1-15(20(26)23-18-9-7-17(22)8-10-18)25-13-11-19(12-14-25)24-21(27)16-5-3-2-4-6-16/h7-10,15-16,19H,2-6,11-14H2,1H3,(H,23,26)(H,24,27). The summed E-state index contributed by atoms with van der Waals surface area (Å²) in [5, 5.41) is 6.84. The average molecular weight is 392 g/mol. The number of rotatable bonds is 5. The molecule has 1 saturated heterocycles. The number of nitrogens with one attached hydrogen (secondary N) is 2. The summed E-state index contributed by atoms with van der Waals surface area (Å²) >= 11 is 5.88. The van der Waals surface area contributed by atoms with Crippen LogP contribution >= 0.6 is 11.6 Å². The van der Waals surface area contributed by atoms with Crippen LogP contribution in [0, 0.1) is 5.92 Å². The highest BCUT2D eigenvalue weighted by molar-refractivity contribution is 6.30. The van der Waals surface area contributed by atoms with Crippen LogP contribution in [0.4, 0.5) is 5.69 Å². The van der Waals surface area contributed by atoms with Crippen molar-refractivity contribution in [3.8, 4) is 0 Å². The molecule has 0 aromatic heterocycles. The van der Waals surface area contributed by atoms with Gasteiger partial charge < -0.3 is 10.6 Å². The Balaban J connectivity index is 1.43. The monoisotopic (exact) mass is 391 g/mol. The SMILES string of the molecule is CC(C(=O)Nc1ccc(Cl)cc1)N1CCC(NC(=O)C2CCCCC2)CC1. The summed E-state index contributed by atoms with van der Waals surface area (Å²) in [5.74, 6) is 0.435. The highest BCUT2D eigenvalue weighted by Crippen LogP contribution is 2.24. The third-order valence-corrected chi connectivity index (χ3v) is 6.14. The van der Waals surface area contributed by atoms with E-state index in [1.165, 1.54) is 19.3 Å². The predicted molar refractivity (Wildman–Crippen MR) is 109 cm³/mol. The van der Waals surface area contributed by atoms with Crippen LogP contribution in [-0.4, -0.2) is 41.9 Å². The number of hydrogen-bond acceptors (Lipinski definition) is 3. The molecule has 6 heteroatoms. The first-order valence-corrected chi connectivity index (χ1v) is 10.5. The summed E-state index contributed by atoms with van der Waals surface area (Å²) in [6.07, 6.45) is 7.49. The molecule has 27 heavy (non-hydrogen) atoms. The summed E-state index contributed by atoms with van der Waals surface area (Å²) in [5.41, 5.74) is 0.755. The molecule has 1 atom stereocenters. The summed E-state index contributed by atoms with van der Waals surface area (Å²) in [7, 11) is 0. The molecule has 0 spiro atoms. The minimum absolute atomic E-state index is 0.0120. The van der Waals surface area contributed by atoms with Crippen molar-refractivity contribution in [3.63, 3.8) is 0 Å². The first kappa shape index (κ1) is 20.2. The Morgan fingerprint density at radius 1 is 1.04 bits per heavy atom. The summed E-state index contributed by atoms with van der Waals surface area (Å²) < 4.78 is 0. The highest BCUT2D eigenvalue weighted by atomic mass is 35.5. The van der Waals surface area contributed by atoms with Gasteiger partial charge in [0.15, 0.2) is 0 Å². The van der Waals surface area contributed by atoms with Crippen LogP contribution in [0.2, 0.25) is 5.02 Å². The van der Waals surface area contributed by atoms with Gasteiger partial charge in [-0.2, -0.15) is 0 Å². The molecule has 1 aromatic rings. The number of carbonyl (C=O) groups excluding carboxylic acids is 2. The zero-order chi connectivity index (χ0) is 19.2. The van der Waals surface area contributed by atoms with Gasteiger partial charge in [-0.25, -0.2) is 0 Å². The van der Waals surface area contributed by atoms with Crippen molar-refractivity contribution in [1.82, 2.24) is 10.2 Å². The van der Waals surface area contributed by atoms with E-state index in [1.54, 1.807) is 24.3 Å². The number of nitrogens with zero attached hydrogens (tertiary/aromatic N) is 1. The molecule has 5 nitrogen and oxygen atoms in total. The number of anilines is 1. The fourth-order valence-corrected chi connectivity index (χ4v) is 4.19. The van der Waals surface area contributed by atoms with Crippen LogP contribution in [0.25, 0.3) is 0 Å². The lowest BCUT2D eigenvalue weighted by Crippen LogP contribution is -2.51. The zero-order valence-electron chi connectivity index (χ0n) is 16.0. The Hall–Kier alpha value is -1.59. The molecular formula is C21H30ClN3O2. The predicted octanol–water partition coefficient (Wildman–Crippen LogP) is 3.83. The van der Waals surface area contributed by atoms with Crippen molar-refractivity contribution in [3.05, 3.63) is 29.3 Å². The van der Waals surface area contributed by atoms with E-state index in [0.717, 1.165) is 44.5 Å². The second-order valence-corrected chi connectivity index (χ2v) is 8.26. The molecule has 3 rings (SSSR count). The van der Waals surface area contributed by atoms with Gasteiger partial charge in [-0.05, 0) is 56.9 Å². The van der Waals surface area contributed by atoms with Gasteiger partial charge in [-0.3, -0.25) is 14.5 Å². The summed E-state index contributed by atoms with van der Waals surface area (Å²) in [6.45, 7) is 3.59. The van der Waals surface area contributed by atoms with Gasteiger partial charge in [0, 0.05) is 35.8 Å². The molecule has 2 fully saturated rings. The number of halogens is 1. The molecular weight excluding hydrogens is 362 g/mol. The lowest BCUT2D eigenvalue weighted by molar-refractivity contribution is -0.127. The minimum atomic E-state index is -0.198. The fraction of sp³-hybridized carbons (Fsp3) is 0.619. The maximum atomic E-state index is 12.5. The smallest absolute Gasteiger partial charge is 0.241 e. The fourth-order valence-electron chi connectivity index (χ4n) is 4.06. The van der Waals surface area contributed by atoms with Crippen molar-refractivity contribution in [1.29, 1.82) is 0 Å². The number of piperidine rings is 1. The van der Waals surface area contributed by atoms with Gasteiger partial charge in [0.1, 0.15) is 0 Å².